The molecule has 50 heavy (non-hydrogen) atoms. The minimum atomic E-state index is -1.74. The summed E-state index contributed by atoms with van der Waals surface area (Å²) in [6.07, 6.45) is 0. The number of hydrogen-bond donors (Lipinski definition) is 0. The summed E-state index contributed by atoms with van der Waals surface area (Å²) in [5, 5.41) is 10.4. The van der Waals surface area contributed by atoms with Gasteiger partial charge in [0.05, 0.1) is 11.4 Å². The van der Waals surface area contributed by atoms with E-state index in [4.69, 9.17) is 9.97 Å². The fourth-order valence-electron chi connectivity index (χ4n) is 8.20. The van der Waals surface area contributed by atoms with Crippen molar-refractivity contribution in [2.75, 3.05) is 0 Å². The number of hydrogen-bond acceptors (Lipinski definition) is 2. The normalized spacial score (nSPS) is 13.5. The van der Waals surface area contributed by atoms with Crippen LogP contribution in [0.4, 0.5) is 0 Å². The third kappa shape index (κ3) is 4.48. The van der Waals surface area contributed by atoms with Crippen LogP contribution in [0.15, 0.2) is 170 Å². The second kappa shape index (κ2) is 11.5. The molecular formula is C47H32N2Si. The molecule has 0 saturated heterocycles. The summed E-state index contributed by atoms with van der Waals surface area (Å²) < 4.78 is 0. The van der Waals surface area contributed by atoms with Gasteiger partial charge in [0.25, 0.3) is 0 Å². The molecule has 2 nitrogen and oxygen atoms in total. The van der Waals surface area contributed by atoms with E-state index >= 15 is 0 Å². The Labute approximate surface area is 293 Å². The van der Waals surface area contributed by atoms with Crippen LogP contribution < -0.4 is 10.4 Å². The van der Waals surface area contributed by atoms with Crippen LogP contribution in [0.5, 0.6) is 0 Å². The first-order chi connectivity index (χ1) is 24.7. The predicted molar refractivity (Wildman–Crippen MR) is 214 cm³/mol. The molecule has 8 aromatic carbocycles. The molecule has 1 aromatic heterocycles. The molecular weight excluding hydrogens is 621 g/mol. The van der Waals surface area contributed by atoms with Crippen LogP contribution in [0.3, 0.4) is 0 Å². The summed E-state index contributed by atoms with van der Waals surface area (Å²) in [6, 6.07) is 61.3. The Morgan fingerprint density at radius 1 is 0.380 bits per heavy atom. The number of nitrogens with zero attached hydrogens (tertiary/aromatic N) is 2. The van der Waals surface area contributed by atoms with Crippen molar-refractivity contribution in [2.45, 2.75) is 6.55 Å². The Morgan fingerprint density at radius 3 is 1.64 bits per heavy atom. The van der Waals surface area contributed by atoms with E-state index in [1.807, 2.05) is 0 Å². The van der Waals surface area contributed by atoms with Gasteiger partial charge in [-0.2, -0.15) is 0 Å². The van der Waals surface area contributed by atoms with Crippen LogP contribution in [0, 0.1) is 0 Å². The van der Waals surface area contributed by atoms with Gasteiger partial charge in [-0.05, 0) is 77.1 Å². The van der Waals surface area contributed by atoms with Gasteiger partial charge in [0.2, 0.25) is 0 Å². The molecule has 0 amide bonds. The third-order valence-corrected chi connectivity index (χ3v) is 13.4. The smallest absolute Gasteiger partial charge is 0.161 e. The summed E-state index contributed by atoms with van der Waals surface area (Å²) in [6.45, 7) is 2.48. The summed E-state index contributed by atoms with van der Waals surface area (Å²) in [7, 11) is -1.74. The Bertz CT molecular complexity index is 2780. The summed E-state index contributed by atoms with van der Waals surface area (Å²) in [4.78, 5) is 11.1. The standard InChI is InChI=1S/C47H32N2Si/c1-50-45-40-26-10-8-24-38(40)37-23-7-9-25-39(37)42(45)44-46(50)43(48-47(49-44)41-27-13-17-31-16-5-6-22-36(31)41)35-21-12-20-34(29-35)33-19-11-18-32(28-33)30-14-3-2-4-15-30/h2-29,50H,1H3. The van der Waals surface area contributed by atoms with E-state index in [-0.39, 0.29) is 0 Å². The highest BCUT2D eigenvalue weighted by molar-refractivity contribution is 6.91. The second-order valence-electron chi connectivity index (χ2n) is 13.3. The molecule has 1 aliphatic rings. The van der Waals surface area contributed by atoms with E-state index in [2.05, 4.69) is 176 Å². The molecule has 1 unspecified atom stereocenters. The van der Waals surface area contributed by atoms with Crippen LogP contribution in [-0.2, 0) is 0 Å². The van der Waals surface area contributed by atoms with Gasteiger partial charge < -0.3 is 0 Å². The van der Waals surface area contributed by atoms with Crippen LogP contribution in [0.25, 0.3) is 88.5 Å². The van der Waals surface area contributed by atoms with E-state index < -0.39 is 8.80 Å². The number of rotatable bonds is 4. The molecule has 0 fully saturated rings. The van der Waals surface area contributed by atoms with Crippen molar-refractivity contribution in [3.63, 3.8) is 0 Å². The number of benzene rings is 8. The van der Waals surface area contributed by atoms with Crippen molar-refractivity contribution in [3.05, 3.63) is 170 Å². The molecule has 0 aliphatic carbocycles. The first kappa shape index (κ1) is 28.8. The van der Waals surface area contributed by atoms with Crippen LogP contribution in [0.1, 0.15) is 0 Å². The van der Waals surface area contributed by atoms with Gasteiger partial charge in [-0.15, -0.1) is 0 Å². The Kier molecular flexibility index (Phi) is 6.61. The Morgan fingerprint density at radius 2 is 0.880 bits per heavy atom. The first-order valence-corrected chi connectivity index (χ1v) is 19.6. The van der Waals surface area contributed by atoms with Crippen molar-refractivity contribution in [2.24, 2.45) is 0 Å². The first-order valence-electron chi connectivity index (χ1n) is 17.3. The van der Waals surface area contributed by atoms with E-state index in [0.717, 1.165) is 28.3 Å². The SMILES string of the molecule is C[SiH]1c2c(-c3cccc(-c4cccc(-c5ccccc5)c4)c3)nc(-c3cccc4ccccc34)nc2-c2c1c1ccccc1c1ccccc21. The zero-order chi connectivity index (χ0) is 33.2. The minimum absolute atomic E-state index is 0.776. The van der Waals surface area contributed by atoms with Crippen molar-refractivity contribution in [1.29, 1.82) is 0 Å². The molecule has 1 aliphatic heterocycles. The zero-order valence-corrected chi connectivity index (χ0v) is 28.8. The van der Waals surface area contributed by atoms with Gasteiger partial charge in [-0.1, -0.05) is 164 Å². The van der Waals surface area contributed by atoms with Gasteiger partial charge in [0.15, 0.2) is 5.82 Å². The van der Waals surface area contributed by atoms with Gasteiger partial charge in [0, 0.05) is 16.7 Å². The maximum absolute atomic E-state index is 5.56. The quantitative estimate of drug-likeness (QED) is 0.140. The third-order valence-electron chi connectivity index (χ3n) is 10.5. The van der Waals surface area contributed by atoms with Gasteiger partial charge in [-0.3, -0.25) is 0 Å². The molecule has 0 radical (unpaired) electrons. The van der Waals surface area contributed by atoms with E-state index in [9.17, 15) is 0 Å². The van der Waals surface area contributed by atoms with Gasteiger partial charge in [0.1, 0.15) is 8.80 Å². The fraction of sp³-hybridized carbons (Fsp3) is 0.0213. The lowest BCUT2D eigenvalue weighted by atomic mass is 9.94. The van der Waals surface area contributed by atoms with Crippen LogP contribution in [0.2, 0.25) is 6.55 Å². The summed E-state index contributed by atoms with van der Waals surface area (Å²) >= 11 is 0. The van der Waals surface area contributed by atoms with Gasteiger partial charge in [-0.25, -0.2) is 9.97 Å². The number of aromatic nitrogens is 2. The highest BCUT2D eigenvalue weighted by Crippen LogP contribution is 2.39. The Hall–Kier alpha value is -6.16. The topological polar surface area (TPSA) is 25.8 Å². The zero-order valence-electron chi connectivity index (χ0n) is 27.6. The van der Waals surface area contributed by atoms with E-state index in [0.29, 0.717) is 0 Å². The maximum Gasteiger partial charge on any atom is 0.161 e. The second-order valence-corrected chi connectivity index (χ2v) is 15.9. The molecule has 10 rings (SSSR count). The average Bonchev–Trinajstić information content (AvgIpc) is 3.50. The molecule has 0 N–H and O–H groups in total. The highest BCUT2D eigenvalue weighted by atomic mass is 28.3. The maximum atomic E-state index is 5.56. The lowest BCUT2D eigenvalue weighted by Gasteiger charge is -2.15. The molecule has 2 heterocycles. The predicted octanol–water partition coefficient (Wildman–Crippen LogP) is 10.6. The molecule has 0 saturated carbocycles. The lowest BCUT2D eigenvalue weighted by Crippen LogP contribution is -2.37. The monoisotopic (exact) mass is 652 g/mol. The average molecular weight is 653 g/mol. The van der Waals surface area contributed by atoms with E-state index in [1.54, 1.807) is 0 Å². The van der Waals surface area contributed by atoms with Crippen molar-refractivity contribution in [3.8, 4) is 56.2 Å². The van der Waals surface area contributed by atoms with E-state index in [1.165, 1.54) is 70.5 Å². The molecule has 234 valence electrons. The van der Waals surface area contributed by atoms with Crippen molar-refractivity contribution in [1.82, 2.24) is 9.97 Å². The molecule has 3 heteroatoms. The van der Waals surface area contributed by atoms with Crippen LogP contribution >= 0.6 is 0 Å². The molecule has 1 atom stereocenters. The fourth-order valence-corrected chi connectivity index (χ4v) is 11.2. The van der Waals surface area contributed by atoms with Crippen LogP contribution in [-0.4, -0.2) is 18.8 Å². The summed E-state index contributed by atoms with van der Waals surface area (Å²) in [5.74, 6) is 0.776. The lowest BCUT2D eigenvalue weighted by molar-refractivity contribution is 1.21. The van der Waals surface area contributed by atoms with Gasteiger partial charge >= 0.3 is 0 Å². The van der Waals surface area contributed by atoms with Crippen molar-refractivity contribution < 1.29 is 0 Å². The molecule has 9 aromatic rings. The summed E-state index contributed by atoms with van der Waals surface area (Å²) in [5.41, 5.74) is 10.5. The highest BCUT2D eigenvalue weighted by Gasteiger charge is 2.36. The largest absolute Gasteiger partial charge is 0.228 e. The molecule has 0 spiro atoms. The Balaban J connectivity index is 1.25. The van der Waals surface area contributed by atoms with Crippen molar-refractivity contribution >= 4 is 51.5 Å². The molecule has 0 bridgehead atoms. The minimum Gasteiger partial charge on any atom is -0.228 e. The number of fused-ring (bicyclic) bond motifs is 9.